The van der Waals surface area contributed by atoms with Crippen LogP contribution in [0.1, 0.15) is 36.9 Å². The van der Waals surface area contributed by atoms with E-state index in [4.69, 9.17) is 4.74 Å². The molecule has 1 aromatic carbocycles. The fraction of sp³-hybridized carbons (Fsp3) is 0.500. The van der Waals surface area contributed by atoms with Crippen LogP contribution in [0.4, 0.5) is 15.8 Å². The molecule has 0 saturated carbocycles. The molecule has 0 spiro atoms. The number of aromatic nitrogens is 3. The Morgan fingerprint density at radius 3 is 2.55 bits per heavy atom. The maximum absolute atomic E-state index is 14.9. The van der Waals surface area contributed by atoms with Crippen LogP contribution in [0, 0.1) is 12.7 Å². The van der Waals surface area contributed by atoms with Crippen LogP contribution in [0.3, 0.4) is 0 Å². The molecule has 0 radical (unpaired) electrons. The minimum atomic E-state index is -1.42. The molecule has 9 heteroatoms. The smallest absolute Gasteiger partial charge is 0.197 e. The van der Waals surface area contributed by atoms with Crippen molar-refractivity contribution in [1.82, 2.24) is 15.0 Å². The highest BCUT2D eigenvalue weighted by molar-refractivity contribution is 7.84. The second-order valence-corrected chi connectivity index (χ2v) is 10.1. The van der Waals surface area contributed by atoms with Crippen molar-refractivity contribution in [3.05, 3.63) is 41.5 Å². The topological polar surface area (TPSA) is 74.3 Å². The number of ether oxygens (including phenoxy) is 1. The van der Waals surface area contributed by atoms with Crippen molar-refractivity contribution in [2.24, 2.45) is 0 Å². The van der Waals surface area contributed by atoms with E-state index in [-0.39, 0.29) is 11.6 Å². The van der Waals surface area contributed by atoms with E-state index in [1.54, 1.807) is 12.3 Å². The Labute approximate surface area is 195 Å². The van der Waals surface area contributed by atoms with Gasteiger partial charge in [-0.2, -0.15) is 0 Å². The number of imidazole rings is 1. The molecular formula is C24H30FN5O2S. The number of anilines is 2. The lowest BCUT2D eigenvalue weighted by atomic mass is 10.1. The van der Waals surface area contributed by atoms with E-state index in [9.17, 15) is 8.60 Å². The van der Waals surface area contributed by atoms with Gasteiger partial charge in [0.2, 0.25) is 0 Å². The molecule has 2 aromatic heterocycles. The minimum absolute atomic E-state index is 0.255. The normalized spacial score (nSPS) is 18.5. The summed E-state index contributed by atoms with van der Waals surface area (Å²) in [4.78, 5) is 16.5. The number of benzene rings is 1. The van der Waals surface area contributed by atoms with Crippen LogP contribution in [0.2, 0.25) is 0 Å². The van der Waals surface area contributed by atoms with Crippen LogP contribution in [0.15, 0.2) is 29.6 Å². The van der Waals surface area contributed by atoms with Gasteiger partial charge in [0.15, 0.2) is 5.16 Å². The van der Waals surface area contributed by atoms with Gasteiger partial charge < -0.3 is 19.5 Å². The number of rotatable bonds is 5. The maximum atomic E-state index is 14.9. The summed E-state index contributed by atoms with van der Waals surface area (Å²) in [5.41, 5.74) is 4.72. The van der Waals surface area contributed by atoms with E-state index in [0.29, 0.717) is 35.1 Å². The first-order chi connectivity index (χ1) is 16.1. The summed E-state index contributed by atoms with van der Waals surface area (Å²) in [6.45, 7) is 6.82. The number of fused-ring (bicyclic) bond motifs is 1. The highest BCUT2D eigenvalue weighted by atomic mass is 32.2. The Morgan fingerprint density at radius 1 is 1.06 bits per heavy atom. The molecule has 176 valence electrons. The van der Waals surface area contributed by atoms with Crippen LogP contribution in [-0.2, 0) is 21.3 Å². The lowest BCUT2D eigenvalue weighted by Crippen LogP contribution is -2.36. The number of hydrogen-bond donors (Lipinski definition) is 1. The van der Waals surface area contributed by atoms with Crippen molar-refractivity contribution in [1.29, 1.82) is 0 Å². The van der Waals surface area contributed by atoms with Gasteiger partial charge in [-0.25, -0.2) is 9.37 Å². The molecule has 0 bridgehead atoms. The van der Waals surface area contributed by atoms with Crippen molar-refractivity contribution in [2.75, 3.05) is 49.2 Å². The van der Waals surface area contributed by atoms with Gasteiger partial charge in [0.05, 0.1) is 52.2 Å². The average Bonchev–Trinajstić information content (AvgIpc) is 3.05. The molecule has 33 heavy (non-hydrogen) atoms. The molecule has 0 aliphatic carbocycles. The van der Waals surface area contributed by atoms with E-state index in [1.165, 1.54) is 18.9 Å². The molecule has 2 saturated heterocycles. The Kier molecular flexibility index (Phi) is 6.59. The molecule has 1 atom stereocenters. The highest BCUT2D eigenvalue weighted by Gasteiger charge is 2.20. The zero-order valence-corrected chi connectivity index (χ0v) is 19.8. The van der Waals surface area contributed by atoms with Gasteiger partial charge in [-0.1, -0.05) is 12.8 Å². The highest BCUT2D eigenvalue weighted by Crippen LogP contribution is 2.29. The number of nitrogens with zero attached hydrogens (tertiary/aromatic N) is 4. The lowest BCUT2D eigenvalue weighted by Gasteiger charge is -2.30. The predicted molar refractivity (Wildman–Crippen MR) is 129 cm³/mol. The monoisotopic (exact) mass is 471 g/mol. The number of aromatic amines is 1. The zero-order chi connectivity index (χ0) is 22.8. The summed E-state index contributed by atoms with van der Waals surface area (Å²) in [5, 5.41) is 0.357. The van der Waals surface area contributed by atoms with Crippen molar-refractivity contribution in [3.8, 4) is 0 Å². The maximum Gasteiger partial charge on any atom is 0.197 e. The third kappa shape index (κ3) is 4.75. The van der Waals surface area contributed by atoms with Gasteiger partial charge in [-0.05, 0) is 37.5 Å². The van der Waals surface area contributed by atoms with E-state index < -0.39 is 10.8 Å². The van der Waals surface area contributed by atoms with Gasteiger partial charge in [-0.15, -0.1) is 0 Å². The summed E-state index contributed by atoms with van der Waals surface area (Å²) in [5.74, 6) is -0.00761. The summed E-state index contributed by atoms with van der Waals surface area (Å²) in [6, 6.07) is 5.27. The molecule has 1 unspecified atom stereocenters. The summed E-state index contributed by atoms with van der Waals surface area (Å²) in [7, 11) is -1.42. The first kappa shape index (κ1) is 22.3. The number of hydrogen-bond acceptors (Lipinski definition) is 6. The van der Waals surface area contributed by atoms with Gasteiger partial charge in [0.1, 0.15) is 5.82 Å². The fourth-order valence-electron chi connectivity index (χ4n) is 4.71. The molecular weight excluding hydrogens is 441 g/mol. The number of nitrogens with one attached hydrogen (secondary N) is 1. The van der Waals surface area contributed by atoms with Gasteiger partial charge in [-0.3, -0.25) is 9.19 Å². The quantitative estimate of drug-likeness (QED) is 0.608. The number of halogens is 1. The number of pyridine rings is 1. The molecule has 5 rings (SSSR count). The van der Waals surface area contributed by atoms with Gasteiger partial charge in [0.25, 0.3) is 0 Å². The first-order valence-electron chi connectivity index (χ1n) is 11.7. The molecule has 1 N–H and O–H groups in total. The van der Waals surface area contributed by atoms with Gasteiger partial charge >= 0.3 is 0 Å². The standard InChI is InChI=1S/C24H30FN5O2S/c1-17-21(26-7-6-22(17)30-10-12-32-13-11-30)16-33(31)24-27-19-14-18(25)23(15-20(19)28-24)29-8-4-2-3-5-9-29/h6-7,14-15H,2-5,8-13,16H2,1H3,(H,27,28). The average molecular weight is 472 g/mol. The second kappa shape index (κ2) is 9.77. The predicted octanol–water partition coefficient (Wildman–Crippen LogP) is 3.93. The van der Waals surface area contributed by atoms with Gasteiger partial charge in [0, 0.05) is 44.1 Å². The molecule has 2 aliphatic heterocycles. The Balaban J connectivity index is 1.38. The zero-order valence-electron chi connectivity index (χ0n) is 19.0. The van der Waals surface area contributed by atoms with Crippen molar-refractivity contribution in [3.63, 3.8) is 0 Å². The summed E-state index contributed by atoms with van der Waals surface area (Å²) in [6.07, 6.45) is 6.29. The molecule has 2 aliphatic rings. The van der Waals surface area contributed by atoms with Crippen LogP contribution in [-0.4, -0.2) is 58.6 Å². The van der Waals surface area contributed by atoms with Crippen LogP contribution in [0.25, 0.3) is 11.0 Å². The molecule has 7 nitrogen and oxygen atoms in total. The largest absolute Gasteiger partial charge is 0.378 e. The number of morpholine rings is 1. The van der Waals surface area contributed by atoms with E-state index in [0.717, 1.165) is 56.0 Å². The Hall–Kier alpha value is -2.52. The van der Waals surface area contributed by atoms with Crippen LogP contribution >= 0.6 is 0 Å². The second-order valence-electron chi connectivity index (χ2n) is 8.76. The van der Waals surface area contributed by atoms with Crippen LogP contribution < -0.4 is 9.80 Å². The first-order valence-corrected chi connectivity index (χ1v) is 13.0. The van der Waals surface area contributed by atoms with E-state index in [1.807, 2.05) is 13.0 Å². The van der Waals surface area contributed by atoms with Crippen molar-refractivity contribution < 1.29 is 13.3 Å². The molecule has 0 amide bonds. The SMILES string of the molecule is Cc1c(N2CCOCC2)ccnc1CS(=O)c1nc2cc(N3CCCCCC3)c(F)cc2[nH]1. The lowest BCUT2D eigenvalue weighted by molar-refractivity contribution is 0.122. The third-order valence-corrected chi connectivity index (χ3v) is 7.75. The fourth-order valence-corrected chi connectivity index (χ4v) is 5.81. The van der Waals surface area contributed by atoms with E-state index >= 15 is 0 Å². The minimum Gasteiger partial charge on any atom is -0.378 e. The summed E-state index contributed by atoms with van der Waals surface area (Å²) >= 11 is 0. The molecule has 4 heterocycles. The molecule has 3 aromatic rings. The summed E-state index contributed by atoms with van der Waals surface area (Å²) < 4.78 is 33.5. The molecule has 2 fully saturated rings. The van der Waals surface area contributed by atoms with Crippen molar-refractivity contribution in [2.45, 2.75) is 43.5 Å². The Morgan fingerprint density at radius 2 is 1.79 bits per heavy atom. The van der Waals surface area contributed by atoms with Crippen molar-refractivity contribution >= 4 is 33.2 Å². The van der Waals surface area contributed by atoms with Crippen LogP contribution in [0.5, 0.6) is 0 Å². The Bertz CT molecular complexity index is 1150. The third-order valence-electron chi connectivity index (χ3n) is 6.59. The number of H-pyrrole nitrogens is 1. The van der Waals surface area contributed by atoms with E-state index in [2.05, 4.69) is 24.8 Å².